The standard InChI is InChI=1S/C13H22N4/c1-10(2)5-12-8-16-13(17-9-12)15-7-11-3-4-14-6-11/h8-11,14H,3-7H2,1-2H3,(H,15,16,17). The van der Waals surface area contributed by atoms with E-state index in [4.69, 9.17) is 0 Å². The molecule has 0 saturated carbocycles. The summed E-state index contributed by atoms with van der Waals surface area (Å²) in [6.45, 7) is 7.63. The van der Waals surface area contributed by atoms with Gasteiger partial charge in [-0.2, -0.15) is 0 Å². The van der Waals surface area contributed by atoms with Crippen LogP contribution in [0.4, 0.5) is 5.95 Å². The smallest absolute Gasteiger partial charge is 0.222 e. The summed E-state index contributed by atoms with van der Waals surface area (Å²) in [5.41, 5.74) is 1.22. The Bertz CT molecular complexity index is 328. The van der Waals surface area contributed by atoms with Gasteiger partial charge in [-0.3, -0.25) is 0 Å². The molecule has 1 aromatic rings. The Morgan fingerprint density at radius 3 is 2.76 bits per heavy atom. The minimum absolute atomic E-state index is 0.655. The van der Waals surface area contributed by atoms with Crippen molar-refractivity contribution in [2.24, 2.45) is 11.8 Å². The number of hydrogen-bond donors (Lipinski definition) is 2. The van der Waals surface area contributed by atoms with E-state index in [9.17, 15) is 0 Å². The first-order valence-electron chi connectivity index (χ1n) is 6.49. The normalized spacial score (nSPS) is 19.8. The Morgan fingerprint density at radius 2 is 2.18 bits per heavy atom. The van der Waals surface area contributed by atoms with E-state index in [1.54, 1.807) is 0 Å². The second-order valence-electron chi connectivity index (χ2n) is 5.25. The Kier molecular flexibility index (Phi) is 4.31. The van der Waals surface area contributed by atoms with Crippen molar-refractivity contribution in [3.8, 4) is 0 Å². The summed E-state index contributed by atoms with van der Waals surface area (Å²) in [5.74, 6) is 2.13. The Balaban J connectivity index is 1.80. The van der Waals surface area contributed by atoms with Gasteiger partial charge in [0.1, 0.15) is 0 Å². The second-order valence-corrected chi connectivity index (χ2v) is 5.25. The molecular formula is C13H22N4. The van der Waals surface area contributed by atoms with Gasteiger partial charge in [0.2, 0.25) is 5.95 Å². The van der Waals surface area contributed by atoms with Crippen molar-refractivity contribution in [3.05, 3.63) is 18.0 Å². The topological polar surface area (TPSA) is 49.8 Å². The highest BCUT2D eigenvalue weighted by Crippen LogP contribution is 2.10. The van der Waals surface area contributed by atoms with Gasteiger partial charge in [-0.1, -0.05) is 13.8 Å². The lowest BCUT2D eigenvalue weighted by Gasteiger charge is -2.10. The summed E-state index contributed by atoms with van der Waals surface area (Å²) in [7, 11) is 0. The van der Waals surface area contributed by atoms with Gasteiger partial charge in [0, 0.05) is 18.9 Å². The van der Waals surface area contributed by atoms with Crippen LogP contribution in [0.5, 0.6) is 0 Å². The van der Waals surface area contributed by atoms with Crippen LogP contribution in [0.25, 0.3) is 0 Å². The van der Waals surface area contributed by atoms with Crippen molar-refractivity contribution in [1.29, 1.82) is 0 Å². The highest BCUT2D eigenvalue weighted by molar-refractivity contribution is 5.24. The van der Waals surface area contributed by atoms with Crippen LogP contribution in [0.15, 0.2) is 12.4 Å². The maximum atomic E-state index is 4.35. The molecule has 0 aromatic carbocycles. The number of nitrogens with one attached hydrogen (secondary N) is 2. The molecule has 1 fully saturated rings. The van der Waals surface area contributed by atoms with E-state index in [0.29, 0.717) is 11.8 Å². The molecule has 94 valence electrons. The minimum Gasteiger partial charge on any atom is -0.354 e. The first-order chi connectivity index (χ1) is 8.24. The number of rotatable bonds is 5. The number of hydrogen-bond acceptors (Lipinski definition) is 4. The molecule has 0 radical (unpaired) electrons. The highest BCUT2D eigenvalue weighted by atomic mass is 15.1. The third-order valence-electron chi connectivity index (χ3n) is 3.06. The van der Waals surface area contributed by atoms with Crippen molar-refractivity contribution in [3.63, 3.8) is 0 Å². The Labute approximate surface area is 103 Å². The van der Waals surface area contributed by atoms with E-state index in [-0.39, 0.29) is 0 Å². The average molecular weight is 234 g/mol. The van der Waals surface area contributed by atoms with Crippen molar-refractivity contribution in [1.82, 2.24) is 15.3 Å². The van der Waals surface area contributed by atoms with Crippen LogP contribution in [0.3, 0.4) is 0 Å². The lowest BCUT2D eigenvalue weighted by molar-refractivity contribution is 0.612. The molecule has 1 aliphatic rings. The van der Waals surface area contributed by atoms with Crippen LogP contribution in [-0.2, 0) is 6.42 Å². The fraction of sp³-hybridized carbons (Fsp3) is 0.692. The molecule has 1 aromatic heterocycles. The van der Waals surface area contributed by atoms with Gasteiger partial charge in [-0.15, -0.1) is 0 Å². The zero-order chi connectivity index (χ0) is 12.1. The molecule has 1 atom stereocenters. The van der Waals surface area contributed by atoms with Crippen LogP contribution in [0.2, 0.25) is 0 Å². The Morgan fingerprint density at radius 1 is 1.41 bits per heavy atom. The predicted molar refractivity (Wildman–Crippen MR) is 70.0 cm³/mol. The van der Waals surface area contributed by atoms with Gasteiger partial charge < -0.3 is 10.6 Å². The molecule has 4 heteroatoms. The van der Waals surface area contributed by atoms with Gasteiger partial charge in [-0.25, -0.2) is 9.97 Å². The number of nitrogens with zero attached hydrogens (tertiary/aromatic N) is 2. The van der Waals surface area contributed by atoms with Gasteiger partial charge in [0.25, 0.3) is 0 Å². The molecule has 2 heterocycles. The fourth-order valence-corrected chi connectivity index (χ4v) is 2.15. The third-order valence-corrected chi connectivity index (χ3v) is 3.06. The second kappa shape index (κ2) is 5.96. The first-order valence-corrected chi connectivity index (χ1v) is 6.49. The highest BCUT2D eigenvalue weighted by Gasteiger charge is 2.14. The van der Waals surface area contributed by atoms with Crippen LogP contribution in [-0.4, -0.2) is 29.6 Å². The molecule has 17 heavy (non-hydrogen) atoms. The lowest BCUT2D eigenvalue weighted by atomic mass is 10.1. The van der Waals surface area contributed by atoms with Crippen LogP contribution < -0.4 is 10.6 Å². The molecule has 0 bridgehead atoms. The van der Waals surface area contributed by atoms with Crippen molar-refractivity contribution < 1.29 is 0 Å². The van der Waals surface area contributed by atoms with Crippen LogP contribution >= 0.6 is 0 Å². The van der Waals surface area contributed by atoms with Crippen molar-refractivity contribution in [2.75, 3.05) is 25.0 Å². The van der Waals surface area contributed by atoms with Crippen LogP contribution in [0.1, 0.15) is 25.8 Å². The Hall–Kier alpha value is -1.16. The molecule has 2 N–H and O–H groups in total. The number of anilines is 1. The predicted octanol–water partition coefficient (Wildman–Crippen LogP) is 1.70. The maximum Gasteiger partial charge on any atom is 0.222 e. The van der Waals surface area contributed by atoms with Gasteiger partial charge >= 0.3 is 0 Å². The molecule has 1 aliphatic heterocycles. The summed E-state index contributed by atoms with van der Waals surface area (Å²) in [6, 6.07) is 0. The third kappa shape index (κ3) is 3.97. The molecule has 0 spiro atoms. The molecule has 1 saturated heterocycles. The summed E-state index contributed by atoms with van der Waals surface area (Å²) in [4.78, 5) is 8.70. The van der Waals surface area contributed by atoms with E-state index >= 15 is 0 Å². The largest absolute Gasteiger partial charge is 0.354 e. The molecular weight excluding hydrogens is 212 g/mol. The van der Waals surface area contributed by atoms with Crippen molar-refractivity contribution in [2.45, 2.75) is 26.7 Å². The summed E-state index contributed by atoms with van der Waals surface area (Å²) in [5, 5.41) is 6.66. The zero-order valence-corrected chi connectivity index (χ0v) is 10.7. The van der Waals surface area contributed by atoms with Gasteiger partial charge in [-0.05, 0) is 43.3 Å². The van der Waals surface area contributed by atoms with E-state index in [2.05, 4.69) is 34.4 Å². The minimum atomic E-state index is 0.655. The molecule has 0 amide bonds. The van der Waals surface area contributed by atoms with E-state index in [0.717, 1.165) is 32.0 Å². The molecule has 4 nitrogen and oxygen atoms in total. The van der Waals surface area contributed by atoms with Crippen LogP contribution in [0, 0.1) is 11.8 Å². The van der Waals surface area contributed by atoms with Gasteiger partial charge in [0.05, 0.1) is 0 Å². The number of aromatic nitrogens is 2. The summed E-state index contributed by atoms with van der Waals surface area (Å²) >= 11 is 0. The summed E-state index contributed by atoms with van der Waals surface area (Å²) in [6.07, 6.45) is 6.16. The van der Waals surface area contributed by atoms with E-state index in [1.165, 1.54) is 12.0 Å². The monoisotopic (exact) mass is 234 g/mol. The van der Waals surface area contributed by atoms with Crippen molar-refractivity contribution >= 4 is 5.95 Å². The fourth-order valence-electron chi connectivity index (χ4n) is 2.15. The summed E-state index contributed by atoms with van der Waals surface area (Å²) < 4.78 is 0. The maximum absolute atomic E-state index is 4.35. The first kappa shape index (κ1) is 12.3. The SMILES string of the molecule is CC(C)Cc1cnc(NCC2CCNC2)nc1. The molecule has 0 aliphatic carbocycles. The average Bonchev–Trinajstić information content (AvgIpc) is 2.80. The molecule has 1 unspecified atom stereocenters. The quantitative estimate of drug-likeness (QED) is 0.814. The van der Waals surface area contributed by atoms with E-state index in [1.807, 2.05) is 12.4 Å². The molecule has 2 rings (SSSR count). The lowest BCUT2D eigenvalue weighted by Crippen LogP contribution is -2.18. The van der Waals surface area contributed by atoms with Gasteiger partial charge in [0.15, 0.2) is 0 Å². The van der Waals surface area contributed by atoms with E-state index < -0.39 is 0 Å². The zero-order valence-electron chi connectivity index (χ0n) is 10.7.